The summed E-state index contributed by atoms with van der Waals surface area (Å²) in [4.78, 5) is 27.4. The molecule has 2 rings (SSSR count). The summed E-state index contributed by atoms with van der Waals surface area (Å²) in [5.74, 6) is -0.356. The van der Waals surface area contributed by atoms with Gasteiger partial charge in [0.25, 0.3) is 5.91 Å². The topological polar surface area (TPSA) is 87.9 Å². The molecular formula is C14H18N4O3. The van der Waals surface area contributed by atoms with Gasteiger partial charge in [0.1, 0.15) is 12.5 Å². The first-order chi connectivity index (χ1) is 10.1. The van der Waals surface area contributed by atoms with Gasteiger partial charge in [-0.05, 0) is 0 Å². The summed E-state index contributed by atoms with van der Waals surface area (Å²) in [5, 5.41) is 3.45. The number of likely N-dealkylation sites (N-methyl/N-ethyl adjacent to an activating group) is 1. The molecule has 3 N–H and O–H groups in total. The van der Waals surface area contributed by atoms with Crippen LogP contribution in [0.1, 0.15) is 5.56 Å². The highest BCUT2D eigenvalue weighted by Crippen LogP contribution is 2.13. The Hall–Kier alpha value is -2.38. The number of hydroxylamine groups is 1. The van der Waals surface area contributed by atoms with Gasteiger partial charge in [-0.2, -0.15) is 5.48 Å². The van der Waals surface area contributed by atoms with Crippen molar-refractivity contribution in [3.8, 4) is 0 Å². The van der Waals surface area contributed by atoms with Gasteiger partial charge >= 0.3 is 0 Å². The van der Waals surface area contributed by atoms with Crippen LogP contribution in [0, 0.1) is 0 Å². The van der Waals surface area contributed by atoms with Gasteiger partial charge in [0.15, 0.2) is 0 Å². The third kappa shape index (κ3) is 3.80. The van der Waals surface area contributed by atoms with E-state index in [0.717, 1.165) is 11.8 Å². The van der Waals surface area contributed by atoms with Crippen molar-refractivity contribution in [2.45, 2.75) is 6.04 Å². The fourth-order valence-corrected chi connectivity index (χ4v) is 2.01. The predicted molar refractivity (Wildman–Crippen MR) is 77.0 cm³/mol. The second kappa shape index (κ2) is 6.87. The lowest BCUT2D eigenvalue weighted by Gasteiger charge is -2.45. The van der Waals surface area contributed by atoms with Crippen LogP contribution < -0.4 is 11.2 Å². The van der Waals surface area contributed by atoms with Crippen LogP contribution in [0.4, 0.5) is 0 Å². The maximum Gasteiger partial charge on any atom is 0.268 e. The van der Waals surface area contributed by atoms with Crippen molar-refractivity contribution in [2.75, 3.05) is 20.1 Å². The molecule has 0 saturated carbocycles. The highest BCUT2D eigenvalue weighted by molar-refractivity contribution is 5.78. The molecule has 0 bridgehead atoms. The zero-order chi connectivity index (χ0) is 15.2. The summed E-state index contributed by atoms with van der Waals surface area (Å²) in [7, 11) is 1.81. The van der Waals surface area contributed by atoms with E-state index in [1.807, 2.05) is 30.3 Å². The maximum absolute atomic E-state index is 11.7. The summed E-state index contributed by atoms with van der Waals surface area (Å²) < 4.78 is 0. The minimum Gasteiger partial charge on any atom is -0.396 e. The molecule has 21 heavy (non-hydrogen) atoms. The van der Waals surface area contributed by atoms with Crippen molar-refractivity contribution >= 4 is 17.9 Å². The largest absolute Gasteiger partial charge is 0.396 e. The Labute approximate surface area is 122 Å². The van der Waals surface area contributed by atoms with Crippen LogP contribution >= 0.6 is 0 Å². The quantitative estimate of drug-likeness (QED) is 0.426. The zero-order valence-electron chi connectivity index (χ0n) is 11.7. The van der Waals surface area contributed by atoms with Gasteiger partial charge in [-0.3, -0.25) is 4.79 Å². The number of hydrazine groups is 1. The number of carbonyl (C=O) groups excluding carboxylic acids is 2. The Morgan fingerprint density at radius 2 is 2.19 bits per heavy atom. The van der Waals surface area contributed by atoms with E-state index in [1.54, 1.807) is 17.1 Å². The number of rotatable bonds is 6. The number of hydrogen-bond acceptors (Lipinski definition) is 6. The van der Waals surface area contributed by atoms with E-state index in [4.69, 9.17) is 10.6 Å². The van der Waals surface area contributed by atoms with Crippen molar-refractivity contribution in [1.29, 1.82) is 0 Å². The van der Waals surface area contributed by atoms with Gasteiger partial charge in [0.05, 0.1) is 18.3 Å². The van der Waals surface area contributed by atoms with Gasteiger partial charge in [0.2, 0.25) is 0 Å². The average Bonchev–Trinajstić information content (AvgIpc) is 2.51. The fraction of sp³-hybridized carbons (Fsp3) is 0.286. The minimum atomic E-state index is -0.356. The number of nitrogens with zero attached hydrogens (tertiary/aromatic N) is 2. The summed E-state index contributed by atoms with van der Waals surface area (Å²) in [6, 6.07) is 9.01. The molecule has 1 aliphatic rings. The van der Waals surface area contributed by atoms with E-state index in [9.17, 15) is 9.59 Å². The first kappa shape index (κ1) is 15.0. The normalized spacial score (nSPS) is 19.7. The van der Waals surface area contributed by atoms with E-state index >= 15 is 0 Å². The number of aldehydes is 1. The highest BCUT2D eigenvalue weighted by atomic mass is 16.6. The number of nitrogens with two attached hydrogens (primary N) is 1. The molecule has 7 nitrogen and oxygen atoms in total. The smallest absolute Gasteiger partial charge is 0.268 e. The molecular weight excluding hydrogens is 272 g/mol. The molecule has 0 aliphatic carbocycles. The number of carbonyl (C=O) groups is 2. The maximum atomic E-state index is 11.7. The first-order valence-corrected chi connectivity index (χ1v) is 6.50. The van der Waals surface area contributed by atoms with Crippen molar-refractivity contribution in [1.82, 2.24) is 15.5 Å². The molecule has 0 radical (unpaired) electrons. The van der Waals surface area contributed by atoms with Crippen molar-refractivity contribution in [2.24, 2.45) is 5.73 Å². The van der Waals surface area contributed by atoms with Crippen LogP contribution in [-0.2, 0) is 14.4 Å². The second-order valence-corrected chi connectivity index (χ2v) is 4.72. The summed E-state index contributed by atoms with van der Waals surface area (Å²) in [6.07, 6.45) is 2.09. The molecule has 112 valence electrons. The first-order valence-electron chi connectivity index (χ1n) is 6.50. The Kier molecular flexibility index (Phi) is 4.91. The lowest BCUT2D eigenvalue weighted by Crippen LogP contribution is -2.65. The second-order valence-electron chi connectivity index (χ2n) is 4.72. The Bertz CT molecular complexity index is 532. The van der Waals surface area contributed by atoms with E-state index in [-0.39, 0.29) is 18.5 Å². The van der Waals surface area contributed by atoms with Gasteiger partial charge in [0, 0.05) is 19.2 Å². The molecule has 1 atom stereocenters. The Morgan fingerprint density at radius 3 is 2.81 bits per heavy atom. The fourth-order valence-electron chi connectivity index (χ4n) is 2.01. The van der Waals surface area contributed by atoms with E-state index in [2.05, 4.69) is 5.48 Å². The molecule has 1 unspecified atom stereocenters. The third-order valence-electron chi connectivity index (χ3n) is 3.20. The summed E-state index contributed by atoms with van der Waals surface area (Å²) in [6.45, 7) is 0.678. The lowest BCUT2D eigenvalue weighted by molar-refractivity contribution is -0.165. The summed E-state index contributed by atoms with van der Waals surface area (Å²) >= 11 is 0. The molecule has 1 aromatic rings. The number of benzene rings is 1. The predicted octanol–water partition coefficient (Wildman–Crippen LogP) is -0.279. The van der Waals surface area contributed by atoms with Crippen molar-refractivity contribution < 1.29 is 14.4 Å². The van der Waals surface area contributed by atoms with Crippen molar-refractivity contribution in [3.05, 3.63) is 42.2 Å². The van der Waals surface area contributed by atoms with Crippen LogP contribution in [0.3, 0.4) is 0 Å². The van der Waals surface area contributed by atoms with Crippen LogP contribution in [-0.4, -0.2) is 48.4 Å². The van der Waals surface area contributed by atoms with Gasteiger partial charge in [-0.15, -0.1) is 0 Å². The van der Waals surface area contributed by atoms with Gasteiger partial charge in [-0.1, -0.05) is 30.3 Å². The molecule has 0 aromatic heterocycles. The SMILES string of the molecule is CN1CC(C=O)N1CC(=O)NO/C=C(\N)c1ccccc1. The van der Waals surface area contributed by atoms with Crippen LogP contribution in [0.5, 0.6) is 0 Å². The molecule has 1 fully saturated rings. The highest BCUT2D eigenvalue weighted by Gasteiger charge is 2.34. The average molecular weight is 290 g/mol. The van der Waals surface area contributed by atoms with Crippen LogP contribution in [0.15, 0.2) is 36.6 Å². The van der Waals surface area contributed by atoms with E-state index in [1.165, 1.54) is 6.26 Å². The number of nitrogens with one attached hydrogen (secondary N) is 1. The van der Waals surface area contributed by atoms with Crippen LogP contribution in [0.25, 0.3) is 5.70 Å². The van der Waals surface area contributed by atoms with Gasteiger partial charge in [-0.25, -0.2) is 10.0 Å². The lowest BCUT2D eigenvalue weighted by atomic mass is 10.2. The van der Waals surface area contributed by atoms with Gasteiger partial charge < -0.3 is 15.4 Å². The van der Waals surface area contributed by atoms with E-state index in [0.29, 0.717) is 12.2 Å². The van der Waals surface area contributed by atoms with Crippen molar-refractivity contribution in [3.63, 3.8) is 0 Å². The molecule has 1 saturated heterocycles. The number of amides is 1. The molecule has 1 amide bonds. The van der Waals surface area contributed by atoms with Crippen LogP contribution in [0.2, 0.25) is 0 Å². The number of hydrogen-bond donors (Lipinski definition) is 2. The molecule has 1 aromatic carbocycles. The minimum absolute atomic E-state index is 0.0546. The monoisotopic (exact) mass is 290 g/mol. The standard InChI is InChI=1S/C14H18N4O3/c1-17-7-12(9-19)18(17)8-14(20)16-21-10-13(15)11-5-3-2-4-6-11/h2-6,9-10,12H,7-8,15H2,1H3,(H,16,20)/b13-10-. The molecule has 7 heteroatoms. The zero-order valence-corrected chi connectivity index (χ0v) is 11.7. The Morgan fingerprint density at radius 1 is 1.48 bits per heavy atom. The molecule has 1 heterocycles. The Balaban J connectivity index is 1.78. The van der Waals surface area contributed by atoms with E-state index < -0.39 is 0 Å². The third-order valence-corrected chi connectivity index (χ3v) is 3.20. The molecule has 0 spiro atoms. The summed E-state index contributed by atoms with van der Waals surface area (Å²) in [5.41, 5.74) is 9.28. The molecule has 1 aliphatic heterocycles.